The number of anilines is 1. The van der Waals surface area contributed by atoms with Gasteiger partial charge in [0.25, 0.3) is 0 Å². The third kappa shape index (κ3) is 6.31. The van der Waals surface area contributed by atoms with Crippen LogP contribution in [-0.4, -0.2) is 58.6 Å². The first-order valence-corrected chi connectivity index (χ1v) is 8.69. The van der Waals surface area contributed by atoms with Crippen molar-refractivity contribution in [1.82, 2.24) is 0 Å². The SMILES string of the molecule is COC(=O)c1cc(OC)c(OC(F)F)cc1NC(=O)CCOCC1CCCO1. The molecule has 1 amide bonds. The molecule has 156 valence electrons. The topological polar surface area (TPSA) is 92.3 Å². The molecule has 0 saturated carbocycles. The van der Waals surface area contributed by atoms with E-state index >= 15 is 0 Å². The zero-order chi connectivity index (χ0) is 20.5. The minimum absolute atomic E-state index is 0.00436. The molecule has 1 unspecified atom stereocenters. The van der Waals surface area contributed by atoms with Crippen LogP contribution in [0.2, 0.25) is 0 Å². The van der Waals surface area contributed by atoms with E-state index in [1.165, 1.54) is 7.11 Å². The summed E-state index contributed by atoms with van der Waals surface area (Å²) in [7, 11) is 2.39. The van der Waals surface area contributed by atoms with Gasteiger partial charge in [0.2, 0.25) is 5.91 Å². The van der Waals surface area contributed by atoms with Crippen LogP contribution < -0.4 is 14.8 Å². The number of nitrogens with one attached hydrogen (secondary N) is 1. The molecule has 28 heavy (non-hydrogen) atoms. The smallest absolute Gasteiger partial charge is 0.387 e. The van der Waals surface area contributed by atoms with Crippen molar-refractivity contribution >= 4 is 17.6 Å². The summed E-state index contributed by atoms with van der Waals surface area (Å²) in [4.78, 5) is 24.1. The van der Waals surface area contributed by atoms with Crippen molar-refractivity contribution in [2.45, 2.75) is 32.0 Å². The maximum absolute atomic E-state index is 12.6. The number of methoxy groups -OCH3 is 2. The lowest BCUT2D eigenvalue weighted by Gasteiger charge is -2.16. The van der Waals surface area contributed by atoms with E-state index in [0.29, 0.717) is 13.2 Å². The van der Waals surface area contributed by atoms with Crippen molar-refractivity contribution in [3.63, 3.8) is 0 Å². The van der Waals surface area contributed by atoms with Crippen LogP contribution in [0.4, 0.5) is 14.5 Å². The predicted molar refractivity (Wildman–Crippen MR) is 94.0 cm³/mol. The maximum Gasteiger partial charge on any atom is 0.387 e. The lowest BCUT2D eigenvalue weighted by atomic mass is 10.1. The number of carbonyl (C=O) groups excluding carboxylic acids is 2. The summed E-state index contributed by atoms with van der Waals surface area (Å²) < 4.78 is 50.0. The molecule has 10 heteroatoms. The van der Waals surface area contributed by atoms with Gasteiger partial charge in [-0.25, -0.2) is 4.79 Å². The number of rotatable bonds is 10. The molecule has 0 bridgehead atoms. The second kappa shape index (κ2) is 10.8. The van der Waals surface area contributed by atoms with Gasteiger partial charge in [-0.2, -0.15) is 8.78 Å². The summed E-state index contributed by atoms with van der Waals surface area (Å²) in [6.45, 7) is -1.84. The average Bonchev–Trinajstić information content (AvgIpc) is 3.18. The molecule has 1 aliphatic heterocycles. The summed E-state index contributed by atoms with van der Waals surface area (Å²) in [5, 5.41) is 2.49. The van der Waals surface area contributed by atoms with E-state index in [1.54, 1.807) is 0 Å². The molecule has 1 fully saturated rings. The number of halogens is 2. The summed E-state index contributed by atoms with van der Waals surface area (Å²) in [6.07, 6.45) is 1.97. The quantitative estimate of drug-likeness (QED) is 0.474. The molecule has 0 spiro atoms. The Balaban J connectivity index is 2.03. The van der Waals surface area contributed by atoms with Crippen molar-refractivity contribution in [3.8, 4) is 11.5 Å². The Hall–Kier alpha value is -2.46. The Morgan fingerprint density at radius 2 is 2.07 bits per heavy atom. The molecule has 1 aliphatic rings. The molecule has 1 atom stereocenters. The summed E-state index contributed by atoms with van der Waals surface area (Å²) in [5.41, 5.74) is -0.0954. The minimum atomic E-state index is -3.10. The number of ether oxygens (including phenoxy) is 5. The van der Waals surface area contributed by atoms with Crippen LogP contribution >= 0.6 is 0 Å². The first kappa shape index (κ1) is 21.8. The first-order valence-electron chi connectivity index (χ1n) is 8.69. The van der Waals surface area contributed by atoms with E-state index in [2.05, 4.69) is 14.8 Å². The van der Waals surface area contributed by atoms with Crippen LogP contribution in [0.25, 0.3) is 0 Å². The van der Waals surface area contributed by atoms with Crippen molar-refractivity contribution < 1.29 is 42.1 Å². The van der Waals surface area contributed by atoms with Crippen molar-refractivity contribution in [2.75, 3.05) is 39.4 Å². The monoisotopic (exact) mass is 403 g/mol. The number of esters is 1. The zero-order valence-corrected chi connectivity index (χ0v) is 15.7. The van der Waals surface area contributed by atoms with Crippen LogP contribution in [0.3, 0.4) is 0 Å². The molecule has 1 saturated heterocycles. The standard InChI is InChI=1S/C18H23F2NO7/c1-24-14-8-12(17(23)25-2)13(9-15(14)28-18(19)20)21-16(22)5-7-26-10-11-4-3-6-27-11/h8-9,11,18H,3-7,10H2,1-2H3,(H,21,22). The Labute approximate surface area is 161 Å². The predicted octanol–water partition coefficient (Wildman–Crippen LogP) is 2.61. The third-order valence-electron chi connectivity index (χ3n) is 4.00. The van der Waals surface area contributed by atoms with Gasteiger partial charge in [0.15, 0.2) is 11.5 Å². The zero-order valence-electron chi connectivity index (χ0n) is 15.7. The minimum Gasteiger partial charge on any atom is -0.493 e. The van der Waals surface area contributed by atoms with Gasteiger partial charge in [0, 0.05) is 18.7 Å². The van der Waals surface area contributed by atoms with Crippen LogP contribution in [0.15, 0.2) is 12.1 Å². The van der Waals surface area contributed by atoms with Crippen LogP contribution in [-0.2, 0) is 19.0 Å². The van der Waals surface area contributed by atoms with Crippen LogP contribution in [0, 0.1) is 0 Å². The lowest BCUT2D eigenvalue weighted by molar-refractivity contribution is -0.117. The highest BCUT2D eigenvalue weighted by atomic mass is 19.3. The first-order chi connectivity index (χ1) is 13.4. The molecule has 1 aromatic carbocycles. The maximum atomic E-state index is 12.6. The van der Waals surface area contributed by atoms with E-state index < -0.39 is 18.5 Å². The summed E-state index contributed by atoms with van der Waals surface area (Å²) in [5.74, 6) is -1.66. The molecular formula is C18H23F2NO7. The number of carbonyl (C=O) groups is 2. The molecule has 1 heterocycles. The Kier molecular flexibility index (Phi) is 8.40. The van der Waals surface area contributed by atoms with Crippen molar-refractivity contribution in [1.29, 1.82) is 0 Å². The summed E-state index contributed by atoms with van der Waals surface area (Å²) in [6, 6.07) is 2.25. The fraction of sp³-hybridized carbons (Fsp3) is 0.556. The largest absolute Gasteiger partial charge is 0.493 e. The van der Waals surface area contributed by atoms with Crippen molar-refractivity contribution in [2.24, 2.45) is 0 Å². The van der Waals surface area contributed by atoms with Gasteiger partial charge in [-0.15, -0.1) is 0 Å². The summed E-state index contributed by atoms with van der Waals surface area (Å²) >= 11 is 0. The second-order valence-corrected chi connectivity index (χ2v) is 5.93. The second-order valence-electron chi connectivity index (χ2n) is 5.93. The molecular weight excluding hydrogens is 380 g/mol. The lowest BCUT2D eigenvalue weighted by Crippen LogP contribution is -2.20. The van der Waals surface area contributed by atoms with Crippen molar-refractivity contribution in [3.05, 3.63) is 17.7 Å². The number of amides is 1. The molecule has 0 aliphatic carbocycles. The van der Waals surface area contributed by atoms with Gasteiger partial charge < -0.3 is 29.0 Å². The Bertz CT molecular complexity index is 678. The van der Waals surface area contributed by atoms with Crippen LogP contribution in [0.5, 0.6) is 11.5 Å². The van der Waals surface area contributed by atoms with Gasteiger partial charge in [0.05, 0.1) is 51.2 Å². The van der Waals surface area contributed by atoms with Gasteiger partial charge in [0.1, 0.15) is 0 Å². The fourth-order valence-corrected chi connectivity index (χ4v) is 2.66. The highest BCUT2D eigenvalue weighted by molar-refractivity contribution is 6.02. The van der Waals surface area contributed by atoms with E-state index in [-0.39, 0.29) is 41.9 Å². The van der Waals surface area contributed by atoms with E-state index in [0.717, 1.165) is 32.1 Å². The third-order valence-corrected chi connectivity index (χ3v) is 4.00. The fourth-order valence-electron chi connectivity index (χ4n) is 2.66. The van der Waals surface area contributed by atoms with Gasteiger partial charge in [-0.3, -0.25) is 4.79 Å². The van der Waals surface area contributed by atoms with Gasteiger partial charge >= 0.3 is 12.6 Å². The van der Waals surface area contributed by atoms with E-state index in [1.807, 2.05) is 0 Å². The normalized spacial score (nSPS) is 16.1. The van der Waals surface area contributed by atoms with Gasteiger partial charge in [-0.1, -0.05) is 0 Å². The Morgan fingerprint density at radius 3 is 2.68 bits per heavy atom. The van der Waals surface area contributed by atoms with E-state index in [9.17, 15) is 18.4 Å². The molecule has 1 aromatic rings. The average molecular weight is 403 g/mol. The van der Waals surface area contributed by atoms with Crippen LogP contribution in [0.1, 0.15) is 29.6 Å². The number of hydrogen-bond acceptors (Lipinski definition) is 7. The number of benzene rings is 1. The molecule has 1 N–H and O–H groups in total. The molecule has 0 aromatic heterocycles. The molecule has 2 rings (SSSR count). The van der Waals surface area contributed by atoms with Gasteiger partial charge in [-0.05, 0) is 12.8 Å². The highest BCUT2D eigenvalue weighted by Crippen LogP contribution is 2.35. The number of alkyl halides is 2. The Morgan fingerprint density at radius 1 is 1.29 bits per heavy atom. The highest BCUT2D eigenvalue weighted by Gasteiger charge is 2.21. The molecule has 8 nitrogen and oxygen atoms in total. The van der Waals surface area contributed by atoms with E-state index in [4.69, 9.17) is 14.2 Å². The number of hydrogen-bond donors (Lipinski definition) is 1. The molecule has 0 radical (unpaired) electrons.